The van der Waals surface area contributed by atoms with E-state index in [0.717, 1.165) is 12.1 Å². The number of amides is 2. The van der Waals surface area contributed by atoms with Gasteiger partial charge in [0.2, 0.25) is 5.91 Å². The Morgan fingerprint density at radius 1 is 0.909 bits per heavy atom. The smallest absolute Gasteiger partial charge is 0.344 e. The highest BCUT2D eigenvalue weighted by Crippen LogP contribution is 2.24. The summed E-state index contributed by atoms with van der Waals surface area (Å²) in [7, 11) is 0. The fraction of sp³-hybridized carbons (Fsp3) is 0.375. The number of anilines is 2. The van der Waals surface area contributed by atoms with Crippen molar-refractivity contribution in [2.75, 3.05) is 55.7 Å². The lowest BCUT2D eigenvalue weighted by molar-refractivity contribution is -0.153. The van der Waals surface area contributed by atoms with Crippen molar-refractivity contribution in [3.63, 3.8) is 0 Å². The molecule has 2 aromatic carbocycles. The molecule has 0 spiro atoms. The molecule has 0 atom stereocenters. The van der Waals surface area contributed by atoms with Gasteiger partial charge >= 0.3 is 5.97 Å². The number of esters is 1. The molecule has 2 amide bonds. The van der Waals surface area contributed by atoms with E-state index < -0.39 is 5.97 Å². The number of carbonyl (C=O) groups excluding carboxylic acids is 3. The first kappa shape index (κ1) is 22.6. The predicted octanol–water partition coefficient (Wildman–Crippen LogP) is 2.22. The van der Waals surface area contributed by atoms with Crippen molar-refractivity contribution in [3.05, 3.63) is 54.3 Å². The first-order valence-electron chi connectivity index (χ1n) is 11.0. The molecule has 0 aliphatic carbocycles. The standard InChI is InChI=1S/C24H26FN3O5/c25-20-4-1-2-5-21(20)26-12-14-27(15-13-26)23(30)16-33-24(31)17-32-19-9-7-18(8-10-19)28-11-3-6-22(28)29/h1-2,4-5,7-10H,3,6,11-17H2. The zero-order chi connectivity index (χ0) is 23.2. The molecule has 0 unspecified atom stereocenters. The zero-order valence-corrected chi connectivity index (χ0v) is 18.2. The summed E-state index contributed by atoms with van der Waals surface area (Å²) in [6, 6.07) is 13.5. The maximum absolute atomic E-state index is 13.9. The summed E-state index contributed by atoms with van der Waals surface area (Å²) in [6.45, 7) is 1.87. The summed E-state index contributed by atoms with van der Waals surface area (Å²) in [5.41, 5.74) is 1.32. The molecule has 0 saturated carbocycles. The average Bonchev–Trinajstić information content (AvgIpc) is 3.28. The van der Waals surface area contributed by atoms with E-state index in [4.69, 9.17) is 9.47 Å². The topological polar surface area (TPSA) is 79.4 Å². The third-order valence-electron chi connectivity index (χ3n) is 5.76. The Hall–Kier alpha value is -3.62. The summed E-state index contributed by atoms with van der Waals surface area (Å²) in [4.78, 5) is 41.3. The summed E-state index contributed by atoms with van der Waals surface area (Å²) < 4.78 is 24.4. The highest BCUT2D eigenvalue weighted by Gasteiger charge is 2.24. The van der Waals surface area contributed by atoms with Crippen LogP contribution in [0.25, 0.3) is 0 Å². The number of para-hydroxylation sites is 1. The zero-order valence-electron chi connectivity index (χ0n) is 18.2. The molecule has 2 heterocycles. The molecular formula is C24H26FN3O5. The van der Waals surface area contributed by atoms with Crippen LogP contribution in [0.5, 0.6) is 5.75 Å². The second-order valence-corrected chi connectivity index (χ2v) is 7.91. The maximum Gasteiger partial charge on any atom is 0.344 e. The second-order valence-electron chi connectivity index (χ2n) is 7.91. The van der Waals surface area contributed by atoms with E-state index in [9.17, 15) is 18.8 Å². The van der Waals surface area contributed by atoms with Gasteiger partial charge in [0, 0.05) is 44.8 Å². The lowest BCUT2D eigenvalue weighted by Gasteiger charge is -2.36. The van der Waals surface area contributed by atoms with Gasteiger partial charge in [0.1, 0.15) is 11.6 Å². The molecule has 33 heavy (non-hydrogen) atoms. The maximum atomic E-state index is 13.9. The van der Waals surface area contributed by atoms with Gasteiger partial charge < -0.3 is 24.2 Å². The minimum Gasteiger partial charge on any atom is -0.482 e. The minimum atomic E-state index is -0.646. The van der Waals surface area contributed by atoms with Crippen molar-refractivity contribution >= 4 is 29.2 Å². The van der Waals surface area contributed by atoms with Crippen LogP contribution in [0.4, 0.5) is 15.8 Å². The molecule has 2 aliphatic rings. The van der Waals surface area contributed by atoms with Crippen LogP contribution in [0, 0.1) is 5.82 Å². The van der Waals surface area contributed by atoms with Crippen molar-refractivity contribution in [1.82, 2.24) is 4.90 Å². The summed E-state index contributed by atoms with van der Waals surface area (Å²) >= 11 is 0. The second kappa shape index (κ2) is 10.3. The molecular weight excluding hydrogens is 429 g/mol. The van der Waals surface area contributed by atoms with Gasteiger partial charge in [0.05, 0.1) is 5.69 Å². The first-order valence-corrected chi connectivity index (χ1v) is 11.0. The normalized spacial score (nSPS) is 16.2. The molecule has 2 aliphatic heterocycles. The third-order valence-corrected chi connectivity index (χ3v) is 5.76. The summed E-state index contributed by atoms with van der Waals surface area (Å²) in [5.74, 6) is -0.655. The van der Waals surface area contributed by atoms with Gasteiger partial charge in [-0.25, -0.2) is 9.18 Å². The van der Waals surface area contributed by atoms with Crippen LogP contribution in [-0.2, 0) is 19.1 Å². The highest BCUT2D eigenvalue weighted by atomic mass is 19.1. The Balaban J connectivity index is 1.17. The lowest BCUT2D eigenvalue weighted by Crippen LogP contribution is -2.50. The van der Waals surface area contributed by atoms with Gasteiger partial charge in [-0.1, -0.05) is 12.1 Å². The van der Waals surface area contributed by atoms with Gasteiger partial charge in [-0.05, 0) is 42.8 Å². The van der Waals surface area contributed by atoms with Crippen LogP contribution in [-0.4, -0.2) is 68.6 Å². The SMILES string of the molecule is O=C(COc1ccc(N2CCCC2=O)cc1)OCC(=O)N1CCN(c2ccccc2F)CC1. The van der Waals surface area contributed by atoms with Crippen molar-refractivity contribution in [3.8, 4) is 5.75 Å². The number of halogens is 1. The lowest BCUT2D eigenvalue weighted by atomic mass is 10.2. The van der Waals surface area contributed by atoms with E-state index in [-0.39, 0.29) is 30.8 Å². The van der Waals surface area contributed by atoms with E-state index in [0.29, 0.717) is 50.6 Å². The Morgan fingerprint density at radius 3 is 2.30 bits per heavy atom. The number of benzene rings is 2. The fourth-order valence-corrected chi connectivity index (χ4v) is 3.97. The van der Waals surface area contributed by atoms with Gasteiger partial charge in [-0.2, -0.15) is 0 Å². The fourth-order valence-electron chi connectivity index (χ4n) is 3.97. The predicted molar refractivity (Wildman–Crippen MR) is 120 cm³/mol. The van der Waals surface area contributed by atoms with Gasteiger partial charge in [-0.15, -0.1) is 0 Å². The molecule has 2 aromatic rings. The molecule has 0 radical (unpaired) electrons. The third kappa shape index (κ3) is 5.60. The van der Waals surface area contributed by atoms with E-state index >= 15 is 0 Å². The van der Waals surface area contributed by atoms with Crippen LogP contribution < -0.4 is 14.5 Å². The van der Waals surface area contributed by atoms with Crippen LogP contribution in [0.2, 0.25) is 0 Å². The van der Waals surface area contributed by atoms with Crippen molar-refractivity contribution in [2.24, 2.45) is 0 Å². The molecule has 4 rings (SSSR count). The van der Waals surface area contributed by atoms with Crippen LogP contribution in [0.1, 0.15) is 12.8 Å². The van der Waals surface area contributed by atoms with Gasteiger partial charge in [0.15, 0.2) is 13.2 Å². The Kier molecular flexibility index (Phi) is 7.07. The molecule has 0 bridgehead atoms. The number of nitrogens with zero attached hydrogens (tertiary/aromatic N) is 3. The van der Waals surface area contributed by atoms with E-state index in [2.05, 4.69) is 0 Å². The largest absolute Gasteiger partial charge is 0.482 e. The van der Waals surface area contributed by atoms with Crippen LogP contribution >= 0.6 is 0 Å². The van der Waals surface area contributed by atoms with E-state index in [1.165, 1.54) is 6.07 Å². The van der Waals surface area contributed by atoms with Crippen molar-refractivity contribution in [2.45, 2.75) is 12.8 Å². The van der Waals surface area contributed by atoms with E-state index in [1.807, 2.05) is 4.90 Å². The molecule has 8 nitrogen and oxygen atoms in total. The Morgan fingerprint density at radius 2 is 1.64 bits per heavy atom. The van der Waals surface area contributed by atoms with Crippen LogP contribution in [0.3, 0.4) is 0 Å². The van der Waals surface area contributed by atoms with Crippen LogP contribution in [0.15, 0.2) is 48.5 Å². The number of carbonyl (C=O) groups is 3. The molecule has 2 saturated heterocycles. The molecule has 0 aromatic heterocycles. The first-order chi connectivity index (χ1) is 16.0. The van der Waals surface area contributed by atoms with Crippen molar-refractivity contribution in [1.29, 1.82) is 0 Å². The Bertz CT molecular complexity index is 1010. The van der Waals surface area contributed by atoms with E-state index in [1.54, 1.807) is 52.3 Å². The average molecular weight is 455 g/mol. The molecule has 2 fully saturated rings. The number of ether oxygens (including phenoxy) is 2. The number of hydrogen-bond donors (Lipinski definition) is 0. The summed E-state index contributed by atoms with van der Waals surface area (Å²) in [6.07, 6.45) is 1.41. The number of piperazine rings is 1. The van der Waals surface area contributed by atoms with Gasteiger partial charge in [0.25, 0.3) is 5.91 Å². The molecule has 174 valence electrons. The van der Waals surface area contributed by atoms with Crippen molar-refractivity contribution < 1.29 is 28.2 Å². The quantitative estimate of drug-likeness (QED) is 0.596. The van der Waals surface area contributed by atoms with Gasteiger partial charge in [-0.3, -0.25) is 9.59 Å². The highest BCUT2D eigenvalue weighted by molar-refractivity contribution is 5.95. The minimum absolute atomic E-state index is 0.102. The monoisotopic (exact) mass is 455 g/mol. The summed E-state index contributed by atoms with van der Waals surface area (Å²) in [5, 5.41) is 0. The molecule has 0 N–H and O–H groups in total. The molecule has 9 heteroatoms. The number of rotatable bonds is 7. The Labute approximate surface area is 191 Å². The number of hydrogen-bond acceptors (Lipinski definition) is 6.